The summed E-state index contributed by atoms with van der Waals surface area (Å²) in [7, 11) is 0. The third kappa shape index (κ3) is 5.79. The normalized spacial score (nSPS) is 11.3. The van der Waals surface area contributed by atoms with Crippen LogP contribution in [0.2, 0.25) is 0 Å². The average molecular weight is 703 g/mol. The second kappa shape index (κ2) is 13.4. The minimum Gasteiger partial charge on any atom is -0.456 e. The highest BCUT2D eigenvalue weighted by atomic mass is 16.3. The highest BCUT2D eigenvalue weighted by Crippen LogP contribution is 2.39. The van der Waals surface area contributed by atoms with E-state index in [0.29, 0.717) is 23.0 Å². The molecule has 0 spiro atoms. The Morgan fingerprint density at radius 2 is 0.964 bits per heavy atom. The van der Waals surface area contributed by atoms with E-state index < -0.39 is 0 Å². The van der Waals surface area contributed by atoms with E-state index in [1.165, 1.54) is 11.1 Å². The van der Waals surface area contributed by atoms with Gasteiger partial charge in [-0.1, -0.05) is 152 Å². The van der Waals surface area contributed by atoms with Gasteiger partial charge in [-0.2, -0.15) is 5.26 Å². The van der Waals surface area contributed by atoms with Gasteiger partial charge >= 0.3 is 0 Å². The molecule has 0 bridgehead atoms. The molecule has 5 heteroatoms. The Hall–Kier alpha value is -7.68. The zero-order chi connectivity index (χ0) is 36.7. The van der Waals surface area contributed by atoms with E-state index in [-0.39, 0.29) is 0 Å². The summed E-state index contributed by atoms with van der Waals surface area (Å²) in [5, 5.41) is 14.1. The van der Waals surface area contributed by atoms with Gasteiger partial charge in [0.25, 0.3) is 0 Å². The molecule has 0 aliphatic rings. The number of furan rings is 1. The quantitative estimate of drug-likeness (QED) is 0.172. The Balaban J connectivity index is 1.11. The summed E-state index contributed by atoms with van der Waals surface area (Å²) >= 11 is 0. The lowest BCUT2D eigenvalue weighted by atomic mass is 9.96. The van der Waals surface area contributed by atoms with Gasteiger partial charge in [0, 0.05) is 27.5 Å². The Morgan fingerprint density at radius 3 is 1.82 bits per heavy atom. The fourth-order valence-corrected chi connectivity index (χ4v) is 7.51. The van der Waals surface area contributed by atoms with Crippen molar-refractivity contribution in [3.05, 3.63) is 188 Å². The number of benzene rings is 8. The van der Waals surface area contributed by atoms with Crippen molar-refractivity contribution in [2.75, 3.05) is 0 Å². The summed E-state index contributed by atoms with van der Waals surface area (Å²) < 4.78 is 6.55. The summed E-state index contributed by atoms with van der Waals surface area (Å²) in [4.78, 5) is 15.3. The predicted octanol–water partition coefficient (Wildman–Crippen LogP) is 12.8. The number of hydrogen-bond acceptors (Lipinski definition) is 5. The minimum atomic E-state index is 0.537. The number of fused-ring (bicyclic) bond motifs is 4. The lowest BCUT2D eigenvalue weighted by Crippen LogP contribution is -2.00. The molecule has 0 atom stereocenters. The molecular weight excluding hydrogens is 673 g/mol. The molecule has 0 fully saturated rings. The van der Waals surface area contributed by atoms with Crippen molar-refractivity contribution < 1.29 is 4.42 Å². The molecule has 0 aliphatic carbocycles. The third-order valence-electron chi connectivity index (χ3n) is 10.2. The molecule has 0 aliphatic heterocycles. The van der Waals surface area contributed by atoms with Gasteiger partial charge in [0.2, 0.25) is 0 Å². The van der Waals surface area contributed by atoms with E-state index in [2.05, 4.69) is 97.1 Å². The number of nitriles is 1. The SMILES string of the molecule is N#Cc1ccccc1-c1cccc(-c2nc(-c3ccc4c(c3)oc3cccc(-c5ccc(-c6ccccc6)cc5)c34)nc(-c3cccc4ccccc34)n2)c1. The Bertz CT molecular complexity index is 3100. The zero-order valence-corrected chi connectivity index (χ0v) is 29.5. The summed E-state index contributed by atoms with van der Waals surface area (Å²) in [6.45, 7) is 0. The number of aromatic nitrogens is 3. The fourth-order valence-electron chi connectivity index (χ4n) is 7.51. The molecule has 0 saturated heterocycles. The lowest BCUT2D eigenvalue weighted by Gasteiger charge is -2.11. The van der Waals surface area contributed by atoms with Gasteiger partial charge in [-0.3, -0.25) is 0 Å². The van der Waals surface area contributed by atoms with E-state index in [4.69, 9.17) is 19.4 Å². The molecule has 8 aromatic carbocycles. The van der Waals surface area contributed by atoms with E-state index >= 15 is 0 Å². The summed E-state index contributed by atoms with van der Waals surface area (Å²) in [6.07, 6.45) is 0. The van der Waals surface area contributed by atoms with E-state index in [0.717, 1.165) is 71.7 Å². The van der Waals surface area contributed by atoms with Crippen molar-refractivity contribution in [2.24, 2.45) is 0 Å². The van der Waals surface area contributed by atoms with Crippen LogP contribution >= 0.6 is 0 Å². The highest BCUT2D eigenvalue weighted by molar-refractivity contribution is 6.13. The summed E-state index contributed by atoms with van der Waals surface area (Å²) in [6, 6.07) is 64.0. The second-order valence-electron chi connectivity index (χ2n) is 13.5. The molecular formula is C50H30N4O. The van der Waals surface area contributed by atoms with E-state index in [1.54, 1.807) is 0 Å². The lowest BCUT2D eigenvalue weighted by molar-refractivity contribution is 0.669. The van der Waals surface area contributed by atoms with E-state index in [9.17, 15) is 5.26 Å². The fraction of sp³-hybridized carbons (Fsp3) is 0. The maximum atomic E-state index is 9.83. The molecule has 10 rings (SSSR count). The third-order valence-corrected chi connectivity index (χ3v) is 10.2. The molecule has 256 valence electrons. The van der Waals surface area contributed by atoms with Crippen molar-refractivity contribution in [3.8, 4) is 73.6 Å². The average Bonchev–Trinajstić information content (AvgIpc) is 3.65. The Labute approximate surface area is 317 Å². The van der Waals surface area contributed by atoms with Crippen molar-refractivity contribution in [1.29, 1.82) is 5.26 Å². The van der Waals surface area contributed by atoms with Gasteiger partial charge in [0.1, 0.15) is 11.2 Å². The molecule has 5 nitrogen and oxygen atoms in total. The van der Waals surface area contributed by atoms with Gasteiger partial charge in [0.15, 0.2) is 17.5 Å². The van der Waals surface area contributed by atoms with Crippen molar-refractivity contribution >= 4 is 32.7 Å². The molecule has 2 heterocycles. The number of hydrogen-bond donors (Lipinski definition) is 0. The topological polar surface area (TPSA) is 75.6 Å². The maximum Gasteiger partial charge on any atom is 0.164 e. The van der Waals surface area contributed by atoms with E-state index in [1.807, 2.05) is 91.0 Å². The molecule has 55 heavy (non-hydrogen) atoms. The zero-order valence-electron chi connectivity index (χ0n) is 29.5. The summed E-state index contributed by atoms with van der Waals surface area (Å²) in [5.74, 6) is 1.65. The highest BCUT2D eigenvalue weighted by Gasteiger charge is 2.18. The van der Waals surface area contributed by atoms with Crippen molar-refractivity contribution in [2.45, 2.75) is 0 Å². The molecule has 0 unspecified atom stereocenters. The number of rotatable bonds is 6. The van der Waals surface area contributed by atoms with Crippen LogP contribution in [0.4, 0.5) is 0 Å². The second-order valence-corrected chi connectivity index (χ2v) is 13.5. The van der Waals surface area contributed by atoms with Crippen LogP contribution in [0, 0.1) is 11.3 Å². The van der Waals surface area contributed by atoms with Crippen LogP contribution in [0.1, 0.15) is 5.56 Å². The van der Waals surface area contributed by atoms with Crippen LogP contribution in [-0.4, -0.2) is 15.0 Å². The van der Waals surface area contributed by atoms with Crippen LogP contribution in [0.15, 0.2) is 186 Å². The Morgan fingerprint density at radius 1 is 0.382 bits per heavy atom. The first-order valence-corrected chi connectivity index (χ1v) is 18.2. The molecule has 0 saturated carbocycles. The predicted molar refractivity (Wildman–Crippen MR) is 222 cm³/mol. The Kier molecular flexibility index (Phi) is 7.79. The molecule has 2 aromatic heterocycles. The maximum absolute atomic E-state index is 9.83. The first kappa shape index (κ1) is 32.0. The minimum absolute atomic E-state index is 0.537. The van der Waals surface area contributed by atoms with Crippen LogP contribution in [0.3, 0.4) is 0 Å². The van der Waals surface area contributed by atoms with Crippen LogP contribution in [-0.2, 0) is 0 Å². The number of nitrogens with zero attached hydrogens (tertiary/aromatic N) is 4. The standard InChI is InChI=1S/C50H30N4O/c51-31-39-14-5-6-18-40(39)36-16-8-17-37(29-36)48-52-49(54-50(53-48)43-21-9-15-34-13-4-7-19-41(34)43)38-27-28-44-46(30-38)55-45-22-10-20-42(47(44)45)35-25-23-33(24-26-35)32-11-2-1-3-12-32/h1-30H. The largest absolute Gasteiger partial charge is 0.456 e. The molecule has 0 radical (unpaired) electrons. The van der Waals surface area contributed by atoms with Crippen LogP contribution in [0.5, 0.6) is 0 Å². The van der Waals surface area contributed by atoms with Gasteiger partial charge in [-0.05, 0) is 74.5 Å². The van der Waals surface area contributed by atoms with Gasteiger partial charge < -0.3 is 4.42 Å². The molecule has 0 amide bonds. The summed E-state index contributed by atoms with van der Waals surface area (Å²) in [5.41, 5.74) is 11.1. The van der Waals surface area contributed by atoms with Crippen molar-refractivity contribution in [3.63, 3.8) is 0 Å². The smallest absolute Gasteiger partial charge is 0.164 e. The van der Waals surface area contributed by atoms with Gasteiger partial charge in [-0.25, -0.2) is 15.0 Å². The van der Waals surface area contributed by atoms with Crippen LogP contribution < -0.4 is 0 Å². The first-order chi connectivity index (χ1) is 27.2. The molecule has 0 N–H and O–H groups in total. The van der Waals surface area contributed by atoms with Crippen molar-refractivity contribution in [1.82, 2.24) is 15.0 Å². The van der Waals surface area contributed by atoms with Crippen LogP contribution in [0.25, 0.3) is 100 Å². The first-order valence-electron chi connectivity index (χ1n) is 18.2. The van der Waals surface area contributed by atoms with Gasteiger partial charge in [0.05, 0.1) is 11.6 Å². The monoisotopic (exact) mass is 702 g/mol. The molecule has 10 aromatic rings. The van der Waals surface area contributed by atoms with Gasteiger partial charge in [-0.15, -0.1) is 0 Å².